The molecule has 74 valence electrons. The predicted molar refractivity (Wildman–Crippen MR) is 42.3 cm³/mol. The number of nitrogens with one attached hydrogen (secondary N) is 1. The second kappa shape index (κ2) is 5.75. The molecule has 0 saturated carbocycles. The fraction of sp³-hybridized carbons (Fsp3) is 0.750. The van der Waals surface area contributed by atoms with Crippen molar-refractivity contribution < 1.29 is 22.3 Å². The summed E-state index contributed by atoms with van der Waals surface area (Å²) in [6.45, 7) is 3.64. The van der Waals surface area contributed by atoms with Gasteiger partial charge in [-0.1, -0.05) is 0 Å². The van der Waals surface area contributed by atoms with E-state index < -0.39 is 10.4 Å². The van der Waals surface area contributed by atoms with Crippen molar-refractivity contribution >= 4 is 16.4 Å². The molecule has 8 heteroatoms. The van der Waals surface area contributed by atoms with Gasteiger partial charge in [0.2, 0.25) is 0 Å². The van der Waals surface area contributed by atoms with Gasteiger partial charge in [0.1, 0.15) is 0 Å². The van der Waals surface area contributed by atoms with Crippen LogP contribution in [0, 0.1) is 5.41 Å². The number of hydrogen-bond acceptors (Lipinski definition) is 4. The highest BCUT2D eigenvalue weighted by molar-refractivity contribution is 7.79. The van der Waals surface area contributed by atoms with Crippen LogP contribution in [0.4, 0.5) is 0 Å². The molecule has 7 nitrogen and oxygen atoms in total. The Kier molecular flexibility index (Phi) is 6.57. The normalized spacial score (nSPS) is 10.1. The smallest absolute Gasteiger partial charge is 0.394 e. The molecule has 0 aliphatic rings. The van der Waals surface area contributed by atoms with E-state index in [0.717, 1.165) is 0 Å². The Morgan fingerprint density at radius 3 is 1.75 bits per heavy atom. The number of amidine groups is 1. The fourth-order valence-electron chi connectivity index (χ4n) is 0.254. The molecule has 0 atom stereocenters. The lowest BCUT2D eigenvalue weighted by Gasteiger charge is -2.04. The van der Waals surface area contributed by atoms with Gasteiger partial charge >= 0.3 is 10.4 Å². The Hall–Kier alpha value is -0.860. The molecule has 0 fully saturated rings. The van der Waals surface area contributed by atoms with Gasteiger partial charge in [-0.15, -0.1) is 0 Å². The van der Waals surface area contributed by atoms with Crippen LogP contribution in [0.3, 0.4) is 0 Å². The molecule has 0 aliphatic heterocycles. The molecule has 0 heterocycles. The van der Waals surface area contributed by atoms with Crippen LogP contribution in [0.5, 0.6) is 0 Å². The second-order valence-corrected chi connectivity index (χ2v) is 2.87. The first-order valence-corrected chi connectivity index (χ1v) is 4.23. The topological polar surface area (TPSA) is 134 Å². The maximum Gasteiger partial charge on any atom is 0.394 e. The summed E-state index contributed by atoms with van der Waals surface area (Å²) in [5.74, 6) is 0. The lowest BCUT2D eigenvalue weighted by atomic mass is 10.5. The highest BCUT2D eigenvalue weighted by Gasteiger charge is 1.90. The maximum absolute atomic E-state index is 8.74. The molecule has 0 spiro atoms. The summed E-state index contributed by atoms with van der Waals surface area (Å²) in [5.41, 5.74) is 4.85. The summed E-state index contributed by atoms with van der Waals surface area (Å²) >= 11 is 0. The van der Waals surface area contributed by atoms with Crippen molar-refractivity contribution in [2.45, 2.75) is 20.0 Å². The van der Waals surface area contributed by atoms with Gasteiger partial charge in [-0.3, -0.25) is 14.5 Å². The van der Waals surface area contributed by atoms with Gasteiger partial charge in [0.05, 0.1) is 6.10 Å². The predicted octanol–water partition coefficient (Wildman–Crippen LogP) is -0.348. The zero-order valence-electron chi connectivity index (χ0n) is 6.68. The third-order valence-corrected chi connectivity index (χ3v) is 0.363. The highest BCUT2D eigenvalue weighted by atomic mass is 32.3. The Morgan fingerprint density at radius 1 is 1.50 bits per heavy atom. The maximum atomic E-state index is 8.74. The molecule has 0 rings (SSSR count). The first-order chi connectivity index (χ1) is 5.13. The lowest BCUT2D eigenvalue weighted by molar-refractivity contribution is 0.222. The summed E-state index contributed by atoms with van der Waals surface area (Å²) < 4.78 is 36.2. The molecule has 0 amide bonds. The average molecular weight is 200 g/mol. The van der Waals surface area contributed by atoms with E-state index in [1.54, 1.807) is 0 Å². The fourth-order valence-corrected chi connectivity index (χ4v) is 0.254. The Labute approximate surface area is 70.6 Å². The van der Waals surface area contributed by atoms with E-state index in [9.17, 15) is 0 Å². The molecule has 0 radical (unpaired) electrons. The standard InChI is InChI=1S/C4H10N2O.H2O4S/c1-3(2)7-4(5)6;1-5(2,3)4/h3H,1-2H3,(H3,5,6);(H2,1,2,3,4). The quantitative estimate of drug-likeness (QED) is 0.260. The van der Waals surface area contributed by atoms with E-state index >= 15 is 0 Å². The molecular weight excluding hydrogens is 188 g/mol. The Bertz CT molecular complexity index is 214. The Morgan fingerprint density at radius 2 is 1.75 bits per heavy atom. The molecule has 0 unspecified atom stereocenters. The van der Waals surface area contributed by atoms with Crippen molar-refractivity contribution in [3.05, 3.63) is 0 Å². The van der Waals surface area contributed by atoms with Crippen LogP contribution in [-0.4, -0.2) is 29.6 Å². The third-order valence-electron chi connectivity index (χ3n) is 0.363. The summed E-state index contributed by atoms with van der Waals surface area (Å²) in [5, 5.41) is 6.58. The van der Waals surface area contributed by atoms with Crippen molar-refractivity contribution in [3.63, 3.8) is 0 Å². The van der Waals surface area contributed by atoms with E-state index in [1.807, 2.05) is 13.8 Å². The minimum atomic E-state index is -4.67. The van der Waals surface area contributed by atoms with Crippen LogP contribution in [-0.2, 0) is 15.1 Å². The number of rotatable bonds is 1. The first-order valence-electron chi connectivity index (χ1n) is 2.83. The molecule has 0 aromatic rings. The largest absolute Gasteiger partial charge is 0.463 e. The van der Waals surface area contributed by atoms with Crippen LogP contribution < -0.4 is 5.73 Å². The van der Waals surface area contributed by atoms with Gasteiger partial charge in [-0.2, -0.15) is 8.42 Å². The summed E-state index contributed by atoms with van der Waals surface area (Å²) in [4.78, 5) is 0. The SMILES string of the molecule is CC(C)OC(=N)N.O=S(=O)(O)O. The van der Waals surface area contributed by atoms with Crippen LogP contribution in [0.2, 0.25) is 0 Å². The molecule has 0 aliphatic carbocycles. The van der Waals surface area contributed by atoms with Gasteiger partial charge in [0, 0.05) is 0 Å². The molecule has 0 bridgehead atoms. The Balaban J connectivity index is 0. The van der Waals surface area contributed by atoms with E-state index in [2.05, 4.69) is 4.74 Å². The minimum absolute atomic E-state index is 0.0255. The van der Waals surface area contributed by atoms with E-state index in [-0.39, 0.29) is 12.1 Å². The van der Waals surface area contributed by atoms with Gasteiger partial charge in [-0.05, 0) is 13.8 Å². The third kappa shape index (κ3) is 61.4. The van der Waals surface area contributed by atoms with Crippen LogP contribution >= 0.6 is 0 Å². The first kappa shape index (κ1) is 13.7. The van der Waals surface area contributed by atoms with Gasteiger partial charge < -0.3 is 10.5 Å². The van der Waals surface area contributed by atoms with Crippen molar-refractivity contribution in [2.24, 2.45) is 5.73 Å². The number of ether oxygens (including phenoxy) is 1. The number of hydrogen-bond donors (Lipinski definition) is 4. The summed E-state index contributed by atoms with van der Waals surface area (Å²) in [7, 11) is -4.67. The minimum Gasteiger partial charge on any atom is -0.463 e. The summed E-state index contributed by atoms with van der Waals surface area (Å²) in [6.07, 6.45) is 0.0255. The molecule has 5 N–H and O–H groups in total. The molecule has 0 saturated heterocycles. The van der Waals surface area contributed by atoms with E-state index in [0.29, 0.717) is 0 Å². The zero-order valence-corrected chi connectivity index (χ0v) is 7.50. The van der Waals surface area contributed by atoms with Crippen molar-refractivity contribution in [3.8, 4) is 0 Å². The summed E-state index contributed by atoms with van der Waals surface area (Å²) in [6, 6.07) is -0.213. The van der Waals surface area contributed by atoms with Gasteiger partial charge in [-0.25, -0.2) is 0 Å². The number of nitrogens with two attached hydrogens (primary N) is 1. The molecular formula is C4H12N2O5S. The van der Waals surface area contributed by atoms with E-state index in [4.69, 9.17) is 28.7 Å². The van der Waals surface area contributed by atoms with Crippen molar-refractivity contribution in [1.82, 2.24) is 0 Å². The van der Waals surface area contributed by atoms with Crippen LogP contribution in [0.1, 0.15) is 13.8 Å². The zero-order chi connectivity index (χ0) is 10.4. The lowest BCUT2D eigenvalue weighted by Crippen LogP contribution is -2.18. The van der Waals surface area contributed by atoms with Gasteiger partial charge in [0.25, 0.3) is 6.02 Å². The monoisotopic (exact) mass is 200 g/mol. The van der Waals surface area contributed by atoms with Gasteiger partial charge in [0.15, 0.2) is 0 Å². The molecule has 12 heavy (non-hydrogen) atoms. The van der Waals surface area contributed by atoms with E-state index in [1.165, 1.54) is 0 Å². The van der Waals surface area contributed by atoms with Crippen molar-refractivity contribution in [2.75, 3.05) is 0 Å². The molecule has 0 aromatic heterocycles. The molecule has 0 aromatic carbocycles. The average Bonchev–Trinajstić information content (AvgIpc) is 1.52. The van der Waals surface area contributed by atoms with Crippen molar-refractivity contribution in [1.29, 1.82) is 5.41 Å². The second-order valence-electron chi connectivity index (χ2n) is 1.98. The van der Waals surface area contributed by atoms with Crippen LogP contribution in [0.15, 0.2) is 0 Å². The highest BCUT2D eigenvalue weighted by Crippen LogP contribution is 1.82. The van der Waals surface area contributed by atoms with Crippen LogP contribution in [0.25, 0.3) is 0 Å².